The number of hydrogen-bond donors (Lipinski definition) is 1. The van der Waals surface area contributed by atoms with Crippen molar-refractivity contribution in [3.05, 3.63) is 98.6 Å². The molecular weight excluding hydrogens is 473 g/mol. The van der Waals surface area contributed by atoms with Gasteiger partial charge in [0.1, 0.15) is 0 Å². The van der Waals surface area contributed by atoms with Crippen molar-refractivity contribution in [1.29, 1.82) is 0 Å². The second-order valence-electron chi connectivity index (χ2n) is 7.75. The van der Waals surface area contributed by atoms with E-state index in [4.69, 9.17) is 23.2 Å². The number of halogens is 2. The molecule has 0 unspecified atom stereocenters. The Bertz CT molecular complexity index is 1490. The Kier molecular flexibility index (Phi) is 5.79. The Hall–Kier alpha value is -2.99. The summed E-state index contributed by atoms with van der Waals surface area (Å²) >= 11 is 13.6. The standard InChI is InChI=1S/C26H19Cl2N3OS/c1-15-12-19(16(2)31(15)20-11-10-17-6-3-4-7-18(17)13-20)14-23-25(32)30-26(33-23)29-22-9-5-8-21(27)24(22)28/h3-14H,1-2H3,(H,29,30,32)/b23-14+. The van der Waals surface area contributed by atoms with Crippen LogP contribution in [0.15, 0.2) is 76.6 Å². The van der Waals surface area contributed by atoms with Crippen molar-refractivity contribution in [3.8, 4) is 5.69 Å². The molecule has 3 aromatic carbocycles. The third-order valence-electron chi connectivity index (χ3n) is 5.55. The molecule has 0 atom stereocenters. The van der Waals surface area contributed by atoms with Crippen molar-refractivity contribution in [3.63, 3.8) is 0 Å². The smallest absolute Gasteiger partial charge is 0.264 e. The van der Waals surface area contributed by atoms with Crippen LogP contribution in [0.5, 0.6) is 0 Å². The summed E-state index contributed by atoms with van der Waals surface area (Å²) in [7, 11) is 0. The summed E-state index contributed by atoms with van der Waals surface area (Å²) in [5, 5.41) is 6.45. The molecule has 4 aromatic rings. The first kappa shape index (κ1) is 21.8. The molecule has 4 nitrogen and oxygen atoms in total. The van der Waals surface area contributed by atoms with Crippen LogP contribution in [-0.2, 0) is 4.79 Å². The molecule has 33 heavy (non-hydrogen) atoms. The minimum absolute atomic E-state index is 0.188. The number of thioether (sulfide) groups is 1. The van der Waals surface area contributed by atoms with Crippen LogP contribution in [0.1, 0.15) is 17.0 Å². The average Bonchev–Trinajstić information content (AvgIpc) is 3.28. The van der Waals surface area contributed by atoms with Crippen LogP contribution in [0.4, 0.5) is 5.69 Å². The lowest BCUT2D eigenvalue weighted by atomic mass is 10.1. The van der Waals surface area contributed by atoms with Gasteiger partial charge in [-0.25, -0.2) is 4.99 Å². The minimum Gasteiger partial charge on any atom is -0.318 e. The van der Waals surface area contributed by atoms with Gasteiger partial charge in [0.05, 0.1) is 20.6 Å². The van der Waals surface area contributed by atoms with Crippen LogP contribution in [0.3, 0.4) is 0 Å². The number of aliphatic imine (C=N–C) groups is 1. The van der Waals surface area contributed by atoms with Gasteiger partial charge in [-0.1, -0.05) is 59.6 Å². The van der Waals surface area contributed by atoms with Gasteiger partial charge in [-0.2, -0.15) is 0 Å². The minimum atomic E-state index is -0.188. The van der Waals surface area contributed by atoms with E-state index in [9.17, 15) is 4.79 Å². The summed E-state index contributed by atoms with van der Waals surface area (Å²) in [5.74, 6) is -0.188. The van der Waals surface area contributed by atoms with E-state index < -0.39 is 0 Å². The first-order chi connectivity index (χ1) is 15.9. The highest BCUT2D eigenvalue weighted by Gasteiger charge is 2.25. The van der Waals surface area contributed by atoms with Gasteiger partial charge in [0.2, 0.25) is 0 Å². The maximum absolute atomic E-state index is 12.6. The Labute approximate surface area is 205 Å². The zero-order chi connectivity index (χ0) is 23.1. The predicted molar refractivity (Wildman–Crippen MR) is 140 cm³/mol. The maximum Gasteiger partial charge on any atom is 0.264 e. The van der Waals surface area contributed by atoms with Crippen molar-refractivity contribution in [2.45, 2.75) is 13.8 Å². The molecule has 0 saturated carbocycles. The largest absolute Gasteiger partial charge is 0.318 e. The van der Waals surface area contributed by atoms with Gasteiger partial charge in [0, 0.05) is 17.1 Å². The molecule has 1 saturated heterocycles. The van der Waals surface area contributed by atoms with Crippen LogP contribution in [-0.4, -0.2) is 15.6 Å². The second kappa shape index (κ2) is 8.75. The first-order valence-electron chi connectivity index (χ1n) is 10.3. The van der Waals surface area contributed by atoms with Crippen molar-refractivity contribution >= 4 is 68.6 Å². The van der Waals surface area contributed by atoms with Gasteiger partial charge in [-0.05, 0) is 78.4 Å². The summed E-state index contributed by atoms with van der Waals surface area (Å²) < 4.78 is 2.21. The lowest BCUT2D eigenvalue weighted by Gasteiger charge is -2.11. The number of fused-ring (bicyclic) bond motifs is 1. The summed E-state index contributed by atoms with van der Waals surface area (Å²) in [6.07, 6.45) is 1.90. The van der Waals surface area contributed by atoms with E-state index in [1.54, 1.807) is 18.2 Å². The normalized spacial score (nSPS) is 16.2. The highest BCUT2D eigenvalue weighted by Crippen LogP contribution is 2.35. The lowest BCUT2D eigenvalue weighted by molar-refractivity contribution is -0.115. The maximum atomic E-state index is 12.6. The van der Waals surface area contributed by atoms with E-state index in [0.717, 1.165) is 22.6 Å². The zero-order valence-corrected chi connectivity index (χ0v) is 20.2. The van der Waals surface area contributed by atoms with E-state index in [-0.39, 0.29) is 5.91 Å². The molecule has 1 N–H and O–H groups in total. The summed E-state index contributed by atoms with van der Waals surface area (Å²) in [6, 6.07) is 22.1. The number of rotatable bonds is 3. The molecule has 2 heterocycles. The highest BCUT2D eigenvalue weighted by atomic mass is 35.5. The molecule has 0 radical (unpaired) electrons. The molecule has 1 aliphatic rings. The van der Waals surface area contributed by atoms with E-state index in [0.29, 0.717) is 25.8 Å². The SMILES string of the molecule is Cc1cc(/C=C2/SC(=Nc3cccc(Cl)c3Cl)NC2=O)c(C)n1-c1ccc2ccccc2c1. The Morgan fingerprint density at radius 2 is 1.76 bits per heavy atom. The Morgan fingerprint density at radius 1 is 0.970 bits per heavy atom. The molecule has 164 valence electrons. The highest BCUT2D eigenvalue weighted by molar-refractivity contribution is 8.18. The number of carbonyl (C=O) groups excluding carboxylic acids is 1. The van der Waals surface area contributed by atoms with Crippen molar-refractivity contribution < 1.29 is 4.79 Å². The predicted octanol–water partition coefficient (Wildman–Crippen LogP) is 7.45. The fourth-order valence-corrected chi connectivity index (χ4v) is 5.12. The van der Waals surface area contributed by atoms with Crippen LogP contribution < -0.4 is 5.32 Å². The zero-order valence-electron chi connectivity index (χ0n) is 17.9. The van der Waals surface area contributed by atoms with Crippen molar-refractivity contribution in [1.82, 2.24) is 9.88 Å². The molecule has 0 aliphatic carbocycles. The first-order valence-corrected chi connectivity index (χ1v) is 11.9. The van der Waals surface area contributed by atoms with Crippen LogP contribution in [0, 0.1) is 13.8 Å². The summed E-state index contributed by atoms with van der Waals surface area (Å²) in [4.78, 5) is 17.6. The monoisotopic (exact) mass is 491 g/mol. The summed E-state index contributed by atoms with van der Waals surface area (Å²) in [5.41, 5.74) is 4.75. The topological polar surface area (TPSA) is 46.4 Å². The molecule has 5 rings (SSSR count). The molecule has 1 aliphatic heterocycles. The number of nitrogens with one attached hydrogen (secondary N) is 1. The van der Waals surface area contributed by atoms with Crippen LogP contribution in [0.2, 0.25) is 10.0 Å². The number of benzene rings is 3. The third-order valence-corrected chi connectivity index (χ3v) is 7.27. The number of hydrogen-bond acceptors (Lipinski definition) is 3. The van der Waals surface area contributed by atoms with Crippen molar-refractivity contribution in [2.75, 3.05) is 0 Å². The number of aromatic nitrogens is 1. The van der Waals surface area contributed by atoms with Gasteiger partial charge in [0.25, 0.3) is 5.91 Å². The average molecular weight is 492 g/mol. The van der Waals surface area contributed by atoms with E-state index in [2.05, 4.69) is 65.1 Å². The van der Waals surface area contributed by atoms with Crippen LogP contribution >= 0.6 is 35.0 Å². The quantitative estimate of drug-likeness (QED) is 0.302. The number of nitrogens with zero attached hydrogens (tertiary/aromatic N) is 2. The fraction of sp³-hybridized carbons (Fsp3) is 0.0769. The van der Waals surface area contributed by atoms with Gasteiger partial charge >= 0.3 is 0 Å². The third kappa shape index (κ3) is 4.20. The van der Waals surface area contributed by atoms with Gasteiger partial charge in [-0.3, -0.25) is 4.79 Å². The summed E-state index contributed by atoms with van der Waals surface area (Å²) in [6.45, 7) is 4.13. The number of amides is 1. The van der Waals surface area contributed by atoms with E-state index >= 15 is 0 Å². The molecular formula is C26H19Cl2N3OS. The molecule has 1 fully saturated rings. The Morgan fingerprint density at radius 3 is 2.58 bits per heavy atom. The Balaban J connectivity index is 1.48. The van der Waals surface area contributed by atoms with E-state index in [1.165, 1.54) is 22.5 Å². The lowest BCUT2D eigenvalue weighted by Crippen LogP contribution is -2.19. The van der Waals surface area contributed by atoms with Crippen LogP contribution in [0.25, 0.3) is 22.5 Å². The van der Waals surface area contributed by atoms with Gasteiger partial charge < -0.3 is 9.88 Å². The molecule has 7 heteroatoms. The fourth-order valence-electron chi connectivity index (χ4n) is 3.96. The number of amidine groups is 1. The van der Waals surface area contributed by atoms with Crippen molar-refractivity contribution in [2.24, 2.45) is 4.99 Å². The molecule has 1 amide bonds. The number of aryl methyl sites for hydroxylation is 1. The molecule has 0 bridgehead atoms. The number of carbonyl (C=O) groups is 1. The van der Waals surface area contributed by atoms with Gasteiger partial charge in [-0.15, -0.1) is 0 Å². The molecule has 0 spiro atoms. The molecule has 1 aromatic heterocycles. The van der Waals surface area contributed by atoms with Gasteiger partial charge in [0.15, 0.2) is 5.17 Å². The van der Waals surface area contributed by atoms with E-state index in [1.807, 2.05) is 18.2 Å². The second-order valence-corrected chi connectivity index (χ2v) is 9.56.